The summed E-state index contributed by atoms with van der Waals surface area (Å²) in [6.45, 7) is 10.1. The van der Waals surface area contributed by atoms with Crippen LogP contribution in [0.3, 0.4) is 0 Å². The Morgan fingerprint density at radius 2 is 0.812 bits per heavy atom. The first-order valence-corrected chi connectivity index (χ1v) is 7.86. The van der Waals surface area contributed by atoms with E-state index in [0.29, 0.717) is 0 Å². The first-order valence-electron chi connectivity index (χ1n) is 3.78. The summed E-state index contributed by atoms with van der Waals surface area (Å²) in [6, 6.07) is 0. The summed E-state index contributed by atoms with van der Waals surface area (Å²) in [6.07, 6.45) is 0. The molecule has 16 heavy (non-hydrogen) atoms. The summed E-state index contributed by atoms with van der Waals surface area (Å²) in [5.41, 5.74) is 0. The predicted molar refractivity (Wildman–Crippen MR) is 60.5 cm³/mol. The van der Waals surface area contributed by atoms with E-state index in [0.717, 1.165) is 0 Å². The van der Waals surface area contributed by atoms with Crippen molar-refractivity contribution in [1.82, 2.24) is 4.90 Å². The SMILES string of the molecule is CCN(CC)CC.F.F.F.FI(F)(F)(F)F. The van der Waals surface area contributed by atoms with Crippen molar-refractivity contribution in [2.75, 3.05) is 19.6 Å². The second-order valence-corrected chi connectivity index (χ2v) is 5.24. The van der Waals surface area contributed by atoms with Gasteiger partial charge in [0.1, 0.15) is 0 Å². The molecule has 0 aliphatic carbocycles. The quantitative estimate of drug-likeness (QED) is 0.500. The predicted octanol–water partition coefficient (Wildman–Crippen LogP) is 4.79. The summed E-state index contributed by atoms with van der Waals surface area (Å²) < 4.78 is 49.5. The number of rotatable bonds is 3. The van der Waals surface area contributed by atoms with Gasteiger partial charge < -0.3 is 4.90 Å². The number of nitrogens with zero attached hydrogens (tertiary/aromatic N) is 1. The number of hydrogen-bond donors (Lipinski definition) is 0. The van der Waals surface area contributed by atoms with Crippen molar-refractivity contribution in [2.45, 2.75) is 20.8 Å². The second-order valence-electron chi connectivity index (χ2n) is 2.16. The normalized spacial score (nSPS) is 11.7. The Labute approximate surface area is 94.0 Å². The average molecular weight is 383 g/mol. The van der Waals surface area contributed by atoms with Crippen molar-refractivity contribution in [3.8, 4) is 0 Å². The fraction of sp³-hybridized carbons (Fsp3) is 1.00. The van der Waals surface area contributed by atoms with Gasteiger partial charge in [-0.2, -0.15) is 0 Å². The van der Waals surface area contributed by atoms with Crippen LogP contribution in [0.5, 0.6) is 0 Å². The molecule has 0 heterocycles. The molecule has 0 bridgehead atoms. The molecule has 0 atom stereocenters. The van der Waals surface area contributed by atoms with Gasteiger partial charge in [-0.25, -0.2) is 0 Å². The third-order valence-electron chi connectivity index (χ3n) is 1.34. The minimum atomic E-state index is -9.05. The van der Waals surface area contributed by atoms with E-state index in [2.05, 4.69) is 25.7 Å². The standard InChI is InChI=1S/C6H15N.F5I.3FH/c1-4-7(5-2)6-3;1-6(2,3,4)5;;;/h4-6H2,1-3H3;;3*1H. The van der Waals surface area contributed by atoms with E-state index in [1.807, 2.05) is 0 Å². The van der Waals surface area contributed by atoms with Crippen LogP contribution in [-0.2, 0) is 0 Å². The molecule has 0 N–H and O–H groups in total. The van der Waals surface area contributed by atoms with Gasteiger partial charge in [0.25, 0.3) is 0 Å². The van der Waals surface area contributed by atoms with Gasteiger partial charge in [-0.05, 0) is 19.6 Å². The number of hydrogen-bond acceptors (Lipinski definition) is 1. The van der Waals surface area contributed by atoms with E-state index in [1.54, 1.807) is 0 Å². The fourth-order valence-corrected chi connectivity index (χ4v) is 0.671. The molecule has 0 aromatic heterocycles. The molecule has 0 rings (SSSR count). The first-order chi connectivity index (χ1) is 5.58. The molecule has 0 amide bonds. The number of halogens is 9. The summed E-state index contributed by atoms with van der Waals surface area (Å²) >= 11 is -9.05. The molecule has 0 radical (unpaired) electrons. The Kier molecular flexibility index (Phi) is 21.6. The average Bonchev–Trinajstić information content (AvgIpc) is 1.86. The van der Waals surface area contributed by atoms with Crippen molar-refractivity contribution in [1.29, 1.82) is 0 Å². The van der Waals surface area contributed by atoms with Crippen molar-refractivity contribution in [3.63, 3.8) is 0 Å². The molecule has 0 aliphatic rings. The van der Waals surface area contributed by atoms with Gasteiger partial charge >= 0.3 is 34.2 Å². The molecule has 0 aliphatic heterocycles. The summed E-state index contributed by atoms with van der Waals surface area (Å²) in [5.74, 6) is 0. The van der Waals surface area contributed by atoms with Gasteiger partial charge in [0.05, 0.1) is 0 Å². The maximum atomic E-state index is 9.89. The van der Waals surface area contributed by atoms with Gasteiger partial charge in [0.15, 0.2) is 0 Å². The molecule has 0 unspecified atom stereocenters. The van der Waals surface area contributed by atoms with E-state index >= 15 is 0 Å². The minimum absolute atomic E-state index is 0. The maximum absolute atomic E-state index is 9.89. The Morgan fingerprint density at radius 3 is 0.812 bits per heavy atom. The van der Waals surface area contributed by atoms with Gasteiger partial charge in [0.2, 0.25) is 0 Å². The summed E-state index contributed by atoms with van der Waals surface area (Å²) in [5, 5.41) is 0. The topological polar surface area (TPSA) is 3.24 Å². The van der Waals surface area contributed by atoms with Crippen LogP contribution < -0.4 is 0 Å². The van der Waals surface area contributed by atoms with Crippen LogP contribution in [0.25, 0.3) is 0 Å². The molecule has 0 aromatic rings. The Morgan fingerprint density at radius 1 is 0.688 bits per heavy atom. The van der Waals surface area contributed by atoms with E-state index < -0.39 is 19.9 Å². The van der Waals surface area contributed by atoms with Crippen molar-refractivity contribution >= 4 is 19.9 Å². The molecule has 10 heteroatoms. The summed E-state index contributed by atoms with van der Waals surface area (Å²) in [4.78, 5) is 2.38. The zero-order valence-corrected chi connectivity index (χ0v) is 11.2. The molecule has 0 aromatic carbocycles. The zero-order chi connectivity index (χ0) is 11.1. The van der Waals surface area contributed by atoms with Crippen molar-refractivity contribution < 1.29 is 28.4 Å². The van der Waals surface area contributed by atoms with Crippen LogP contribution in [0.2, 0.25) is 0 Å². The molecular formula is C6H18F8IN. The van der Waals surface area contributed by atoms with Crippen LogP contribution in [0.15, 0.2) is 0 Å². The second kappa shape index (κ2) is 11.6. The van der Waals surface area contributed by atoms with Crippen molar-refractivity contribution in [2.24, 2.45) is 0 Å². The van der Waals surface area contributed by atoms with Crippen LogP contribution in [0, 0.1) is 0 Å². The monoisotopic (exact) mass is 383 g/mol. The van der Waals surface area contributed by atoms with Gasteiger partial charge in [-0.3, -0.25) is 14.1 Å². The van der Waals surface area contributed by atoms with E-state index in [4.69, 9.17) is 0 Å². The summed E-state index contributed by atoms with van der Waals surface area (Å²) in [7, 11) is 0. The van der Waals surface area contributed by atoms with Crippen molar-refractivity contribution in [3.05, 3.63) is 0 Å². The van der Waals surface area contributed by atoms with Crippen LogP contribution in [-0.4, -0.2) is 24.5 Å². The molecular weight excluding hydrogens is 365 g/mol. The molecule has 0 spiro atoms. The van der Waals surface area contributed by atoms with Crippen LogP contribution >= 0.6 is 19.9 Å². The van der Waals surface area contributed by atoms with Gasteiger partial charge in [-0.15, -0.1) is 0 Å². The van der Waals surface area contributed by atoms with Crippen LogP contribution in [0.1, 0.15) is 20.8 Å². The third-order valence-corrected chi connectivity index (χ3v) is 1.34. The molecule has 0 saturated carbocycles. The van der Waals surface area contributed by atoms with Gasteiger partial charge in [-0.1, -0.05) is 20.8 Å². The van der Waals surface area contributed by atoms with E-state index in [-0.39, 0.29) is 14.1 Å². The molecule has 0 saturated heterocycles. The molecule has 1 nitrogen and oxygen atoms in total. The molecule has 0 fully saturated rings. The fourth-order valence-electron chi connectivity index (χ4n) is 0.671. The first kappa shape index (κ1) is 29.8. The Bertz CT molecular complexity index is 110. The Balaban J connectivity index is -0.0000000428. The van der Waals surface area contributed by atoms with Gasteiger partial charge in [0, 0.05) is 0 Å². The zero-order valence-electron chi connectivity index (χ0n) is 9.06. The Hall–Kier alpha value is 0.130. The van der Waals surface area contributed by atoms with E-state index in [9.17, 15) is 14.3 Å². The van der Waals surface area contributed by atoms with E-state index in [1.165, 1.54) is 19.6 Å². The molecule has 110 valence electrons. The van der Waals surface area contributed by atoms with Crippen LogP contribution in [0.4, 0.5) is 28.4 Å². The third kappa shape index (κ3) is 64.8.